The van der Waals surface area contributed by atoms with Gasteiger partial charge < -0.3 is 15.7 Å². The molecule has 4 heteroatoms. The van der Waals surface area contributed by atoms with Crippen LogP contribution in [0.25, 0.3) is 0 Å². The van der Waals surface area contributed by atoms with Gasteiger partial charge in [0.15, 0.2) is 0 Å². The first-order chi connectivity index (χ1) is 7.10. The Morgan fingerprint density at radius 3 is 2.73 bits per heavy atom. The minimum absolute atomic E-state index is 0.0876. The van der Waals surface area contributed by atoms with E-state index in [2.05, 4.69) is 15.9 Å². The first-order valence-electron chi connectivity index (χ1n) is 4.92. The Hall–Kier alpha value is -0.580. The highest BCUT2D eigenvalue weighted by molar-refractivity contribution is 9.10. The lowest BCUT2D eigenvalue weighted by Gasteiger charge is -2.27. The SMILES string of the molecule is CC(CO)N(C)c1cc(Br)ccc1CN. The summed E-state index contributed by atoms with van der Waals surface area (Å²) in [4.78, 5) is 2.03. The van der Waals surface area contributed by atoms with Crippen LogP contribution in [0.15, 0.2) is 22.7 Å². The topological polar surface area (TPSA) is 49.5 Å². The van der Waals surface area contributed by atoms with Gasteiger partial charge in [0.25, 0.3) is 0 Å². The lowest BCUT2D eigenvalue weighted by molar-refractivity contribution is 0.270. The second-order valence-electron chi connectivity index (χ2n) is 3.62. The third-order valence-electron chi connectivity index (χ3n) is 2.57. The van der Waals surface area contributed by atoms with Gasteiger partial charge in [-0.1, -0.05) is 22.0 Å². The number of nitrogens with two attached hydrogens (primary N) is 1. The number of aliphatic hydroxyl groups excluding tert-OH is 1. The summed E-state index contributed by atoms with van der Waals surface area (Å²) in [5.41, 5.74) is 7.82. The van der Waals surface area contributed by atoms with E-state index < -0.39 is 0 Å². The molecule has 0 fully saturated rings. The molecule has 0 heterocycles. The van der Waals surface area contributed by atoms with E-state index in [1.807, 2.05) is 37.1 Å². The number of rotatable bonds is 4. The molecule has 1 rings (SSSR count). The van der Waals surface area contributed by atoms with Gasteiger partial charge in [0, 0.05) is 29.8 Å². The standard InChI is InChI=1S/C11H17BrN2O/c1-8(7-15)14(2)11-5-10(12)4-3-9(11)6-13/h3-5,8,15H,6-7,13H2,1-2H3. The van der Waals surface area contributed by atoms with E-state index in [-0.39, 0.29) is 12.6 Å². The van der Waals surface area contributed by atoms with Gasteiger partial charge in [0.2, 0.25) is 0 Å². The Balaban J connectivity index is 3.05. The quantitative estimate of drug-likeness (QED) is 0.878. The summed E-state index contributed by atoms with van der Waals surface area (Å²) in [6.07, 6.45) is 0. The van der Waals surface area contributed by atoms with Crippen molar-refractivity contribution < 1.29 is 5.11 Å². The summed E-state index contributed by atoms with van der Waals surface area (Å²) < 4.78 is 1.02. The average molecular weight is 273 g/mol. The summed E-state index contributed by atoms with van der Waals surface area (Å²) in [6, 6.07) is 6.09. The van der Waals surface area contributed by atoms with Crippen LogP contribution in [0.3, 0.4) is 0 Å². The number of likely N-dealkylation sites (N-methyl/N-ethyl adjacent to an activating group) is 1. The fourth-order valence-corrected chi connectivity index (χ4v) is 1.75. The number of hydrogen-bond donors (Lipinski definition) is 2. The van der Waals surface area contributed by atoms with E-state index in [4.69, 9.17) is 10.8 Å². The number of hydrogen-bond acceptors (Lipinski definition) is 3. The van der Waals surface area contributed by atoms with Gasteiger partial charge in [-0.05, 0) is 24.6 Å². The molecule has 3 nitrogen and oxygen atoms in total. The monoisotopic (exact) mass is 272 g/mol. The molecule has 1 unspecified atom stereocenters. The van der Waals surface area contributed by atoms with E-state index in [9.17, 15) is 0 Å². The van der Waals surface area contributed by atoms with E-state index >= 15 is 0 Å². The maximum atomic E-state index is 9.11. The number of nitrogens with zero attached hydrogens (tertiary/aromatic N) is 1. The average Bonchev–Trinajstić information content (AvgIpc) is 2.27. The van der Waals surface area contributed by atoms with Crippen LogP contribution in [-0.4, -0.2) is 24.8 Å². The van der Waals surface area contributed by atoms with Crippen LogP contribution in [0.2, 0.25) is 0 Å². The molecule has 0 aliphatic rings. The fourth-order valence-electron chi connectivity index (χ4n) is 1.40. The molecular formula is C11H17BrN2O. The highest BCUT2D eigenvalue weighted by atomic mass is 79.9. The summed E-state index contributed by atoms with van der Waals surface area (Å²) in [7, 11) is 1.96. The number of halogens is 1. The maximum Gasteiger partial charge on any atom is 0.0632 e. The lowest BCUT2D eigenvalue weighted by atomic mass is 10.1. The second kappa shape index (κ2) is 5.49. The molecule has 0 saturated heterocycles. The minimum atomic E-state index is 0.0876. The normalized spacial score (nSPS) is 12.6. The third-order valence-corrected chi connectivity index (χ3v) is 3.07. The van der Waals surface area contributed by atoms with Crippen LogP contribution in [0.1, 0.15) is 12.5 Å². The summed E-state index contributed by atoms with van der Waals surface area (Å²) in [5.74, 6) is 0. The van der Waals surface area contributed by atoms with Crippen molar-refractivity contribution in [1.29, 1.82) is 0 Å². The Kier molecular flexibility index (Phi) is 4.57. The number of anilines is 1. The molecule has 0 saturated carbocycles. The Morgan fingerprint density at radius 1 is 1.53 bits per heavy atom. The lowest BCUT2D eigenvalue weighted by Crippen LogP contribution is -2.32. The van der Waals surface area contributed by atoms with Crippen molar-refractivity contribution in [3.63, 3.8) is 0 Å². The van der Waals surface area contributed by atoms with E-state index in [1.165, 1.54) is 0 Å². The van der Waals surface area contributed by atoms with Crippen molar-refractivity contribution >= 4 is 21.6 Å². The zero-order valence-electron chi connectivity index (χ0n) is 9.07. The molecule has 1 aromatic carbocycles. The highest BCUT2D eigenvalue weighted by Gasteiger charge is 2.12. The molecule has 84 valence electrons. The molecule has 1 atom stereocenters. The molecule has 0 aromatic heterocycles. The Labute approximate surface area is 99.0 Å². The molecule has 0 radical (unpaired) electrons. The smallest absolute Gasteiger partial charge is 0.0632 e. The van der Waals surface area contributed by atoms with Crippen molar-refractivity contribution in [2.45, 2.75) is 19.5 Å². The summed E-state index contributed by atoms with van der Waals surface area (Å²) in [5, 5.41) is 9.11. The molecule has 0 spiro atoms. The predicted octanol–water partition coefficient (Wildman–Crippen LogP) is 1.72. The number of benzene rings is 1. The first-order valence-corrected chi connectivity index (χ1v) is 5.71. The molecule has 0 aliphatic heterocycles. The zero-order chi connectivity index (χ0) is 11.4. The fraction of sp³-hybridized carbons (Fsp3) is 0.455. The molecular weight excluding hydrogens is 256 g/mol. The largest absolute Gasteiger partial charge is 0.394 e. The van der Waals surface area contributed by atoms with Crippen LogP contribution in [-0.2, 0) is 6.54 Å². The van der Waals surface area contributed by atoms with E-state index in [0.29, 0.717) is 6.54 Å². The Bertz CT molecular complexity index is 330. The van der Waals surface area contributed by atoms with Gasteiger partial charge in [-0.15, -0.1) is 0 Å². The van der Waals surface area contributed by atoms with Gasteiger partial charge in [-0.25, -0.2) is 0 Å². The van der Waals surface area contributed by atoms with Crippen molar-refractivity contribution in [3.05, 3.63) is 28.2 Å². The summed E-state index contributed by atoms with van der Waals surface area (Å²) >= 11 is 3.43. The van der Waals surface area contributed by atoms with Gasteiger partial charge >= 0.3 is 0 Å². The molecule has 0 aliphatic carbocycles. The van der Waals surface area contributed by atoms with Crippen molar-refractivity contribution in [2.24, 2.45) is 5.73 Å². The van der Waals surface area contributed by atoms with Crippen LogP contribution in [0.4, 0.5) is 5.69 Å². The van der Waals surface area contributed by atoms with Crippen LogP contribution < -0.4 is 10.6 Å². The van der Waals surface area contributed by atoms with Crippen LogP contribution >= 0.6 is 15.9 Å². The second-order valence-corrected chi connectivity index (χ2v) is 4.54. The molecule has 0 amide bonds. The van der Waals surface area contributed by atoms with Crippen molar-refractivity contribution in [1.82, 2.24) is 0 Å². The molecule has 3 N–H and O–H groups in total. The van der Waals surface area contributed by atoms with Crippen molar-refractivity contribution in [2.75, 3.05) is 18.6 Å². The van der Waals surface area contributed by atoms with Gasteiger partial charge in [-0.3, -0.25) is 0 Å². The zero-order valence-corrected chi connectivity index (χ0v) is 10.7. The first kappa shape index (κ1) is 12.5. The van der Waals surface area contributed by atoms with E-state index in [0.717, 1.165) is 15.7 Å². The van der Waals surface area contributed by atoms with Crippen LogP contribution in [0, 0.1) is 0 Å². The van der Waals surface area contributed by atoms with Gasteiger partial charge in [-0.2, -0.15) is 0 Å². The van der Waals surface area contributed by atoms with Gasteiger partial charge in [0.1, 0.15) is 0 Å². The molecule has 15 heavy (non-hydrogen) atoms. The van der Waals surface area contributed by atoms with Crippen molar-refractivity contribution in [3.8, 4) is 0 Å². The predicted molar refractivity (Wildman–Crippen MR) is 67.0 cm³/mol. The van der Waals surface area contributed by atoms with E-state index in [1.54, 1.807) is 0 Å². The van der Waals surface area contributed by atoms with Gasteiger partial charge in [0.05, 0.1) is 6.61 Å². The third kappa shape index (κ3) is 2.93. The maximum absolute atomic E-state index is 9.11. The molecule has 0 bridgehead atoms. The highest BCUT2D eigenvalue weighted by Crippen LogP contribution is 2.25. The molecule has 1 aromatic rings. The Morgan fingerprint density at radius 2 is 2.20 bits per heavy atom. The summed E-state index contributed by atoms with van der Waals surface area (Å²) in [6.45, 7) is 2.61. The minimum Gasteiger partial charge on any atom is -0.394 e. The van der Waals surface area contributed by atoms with Crippen LogP contribution in [0.5, 0.6) is 0 Å². The number of aliphatic hydroxyl groups is 1.